The first-order valence-electron chi connectivity index (χ1n) is 10.3. The van der Waals surface area contributed by atoms with E-state index in [1.807, 2.05) is 38.1 Å². The lowest BCUT2D eigenvalue weighted by Crippen LogP contribution is -2.18. The van der Waals surface area contributed by atoms with Crippen LogP contribution in [0.4, 0.5) is 5.69 Å². The lowest BCUT2D eigenvalue weighted by molar-refractivity contribution is -0.115. The minimum atomic E-state index is -0.212. The number of benzene rings is 2. The molecule has 0 saturated carbocycles. The molecule has 3 aromatic heterocycles. The maximum absolute atomic E-state index is 12.9. The highest BCUT2D eigenvalue weighted by molar-refractivity contribution is 6.09. The number of hydrogen-bond donors (Lipinski definition) is 2. The molecule has 0 unspecified atom stereocenters. The zero-order valence-corrected chi connectivity index (χ0v) is 17.7. The number of H-pyrrole nitrogens is 1. The normalized spacial score (nSPS) is 11.6. The molecule has 0 aliphatic heterocycles. The zero-order valence-electron chi connectivity index (χ0n) is 17.7. The van der Waals surface area contributed by atoms with E-state index in [1.54, 1.807) is 4.52 Å². The van der Waals surface area contributed by atoms with Crippen molar-refractivity contribution < 1.29 is 4.79 Å². The van der Waals surface area contributed by atoms with Crippen molar-refractivity contribution in [2.24, 2.45) is 0 Å². The number of hydrogen-bond acceptors (Lipinski definition) is 3. The number of nitrogens with zero attached hydrogens (tertiary/aromatic N) is 3. The number of carbonyl (C=O) groups excluding carboxylic acids is 1. The van der Waals surface area contributed by atoms with Crippen molar-refractivity contribution in [3.8, 4) is 0 Å². The van der Waals surface area contributed by atoms with Gasteiger partial charge in [0.25, 0.3) is 5.56 Å². The Balaban J connectivity index is 1.48. The van der Waals surface area contributed by atoms with Gasteiger partial charge in [-0.25, -0.2) is 9.50 Å². The largest absolute Gasteiger partial charge is 0.341 e. The third-order valence-electron chi connectivity index (χ3n) is 5.91. The molecule has 1 amide bonds. The van der Waals surface area contributed by atoms with Crippen LogP contribution in [0.1, 0.15) is 23.9 Å². The van der Waals surface area contributed by atoms with E-state index < -0.39 is 0 Å². The summed E-state index contributed by atoms with van der Waals surface area (Å²) in [6.07, 6.45) is 0.176. The van der Waals surface area contributed by atoms with Crippen LogP contribution in [-0.4, -0.2) is 25.1 Å². The van der Waals surface area contributed by atoms with Gasteiger partial charge < -0.3 is 9.88 Å². The standard InChI is InChI=1S/C24H23N5O2/c1-4-28-20-8-6-5-7-17(20)19-11-16(9-10-21(19)28)26-23(30)12-18-14(2)25-22-13-24(31)27-29(22)15(18)3/h5-11,13H,4,12H2,1-3H3,(H,26,30)(H,27,31). The molecule has 156 valence electrons. The number of fused-ring (bicyclic) bond motifs is 4. The van der Waals surface area contributed by atoms with Gasteiger partial charge in [-0.2, -0.15) is 0 Å². The van der Waals surface area contributed by atoms with Crippen LogP contribution < -0.4 is 10.9 Å². The predicted molar refractivity (Wildman–Crippen MR) is 123 cm³/mol. The molecule has 5 rings (SSSR count). The predicted octanol–water partition coefficient (Wildman–Crippen LogP) is 3.95. The van der Waals surface area contributed by atoms with Gasteiger partial charge in [-0.05, 0) is 45.0 Å². The number of nitrogens with one attached hydrogen (secondary N) is 2. The molecular weight excluding hydrogens is 390 g/mol. The van der Waals surface area contributed by atoms with Crippen LogP contribution in [-0.2, 0) is 17.8 Å². The molecule has 5 aromatic rings. The minimum Gasteiger partial charge on any atom is -0.341 e. The molecule has 0 aliphatic carbocycles. The van der Waals surface area contributed by atoms with Crippen molar-refractivity contribution in [1.82, 2.24) is 19.2 Å². The summed E-state index contributed by atoms with van der Waals surface area (Å²) >= 11 is 0. The average Bonchev–Trinajstić information content (AvgIpc) is 3.28. The van der Waals surface area contributed by atoms with Crippen molar-refractivity contribution in [3.63, 3.8) is 0 Å². The monoisotopic (exact) mass is 413 g/mol. The highest BCUT2D eigenvalue weighted by atomic mass is 16.1. The van der Waals surface area contributed by atoms with Gasteiger partial charge in [0.2, 0.25) is 5.91 Å². The van der Waals surface area contributed by atoms with E-state index >= 15 is 0 Å². The molecule has 0 saturated heterocycles. The average molecular weight is 413 g/mol. The van der Waals surface area contributed by atoms with Crippen LogP contribution in [0.3, 0.4) is 0 Å². The summed E-state index contributed by atoms with van der Waals surface area (Å²) in [6, 6.07) is 15.8. The molecular formula is C24H23N5O2. The molecule has 3 heterocycles. The molecule has 7 nitrogen and oxygen atoms in total. The Kier molecular flexibility index (Phi) is 4.39. The Morgan fingerprint density at radius 2 is 1.84 bits per heavy atom. The number of rotatable bonds is 4. The lowest BCUT2D eigenvalue weighted by Gasteiger charge is -2.12. The molecule has 0 aliphatic rings. The van der Waals surface area contributed by atoms with E-state index in [4.69, 9.17) is 0 Å². The minimum absolute atomic E-state index is 0.125. The molecule has 0 atom stereocenters. The summed E-state index contributed by atoms with van der Waals surface area (Å²) in [5.74, 6) is -0.125. The number of carbonyl (C=O) groups is 1. The van der Waals surface area contributed by atoms with Crippen molar-refractivity contribution >= 4 is 39.0 Å². The summed E-state index contributed by atoms with van der Waals surface area (Å²) in [5.41, 5.74) is 5.80. The van der Waals surface area contributed by atoms with E-state index in [0.717, 1.165) is 40.1 Å². The molecule has 7 heteroatoms. The fourth-order valence-corrected chi connectivity index (χ4v) is 4.45. The maximum Gasteiger partial charge on any atom is 0.266 e. The van der Waals surface area contributed by atoms with Gasteiger partial charge in [-0.15, -0.1) is 0 Å². The molecule has 31 heavy (non-hydrogen) atoms. The van der Waals surface area contributed by atoms with Gasteiger partial charge in [0, 0.05) is 57.1 Å². The first-order chi connectivity index (χ1) is 15.0. The van der Waals surface area contributed by atoms with Crippen LogP contribution in [0, 0.1) is 13.8 Å². The molecule has 0 bridgehead atoms. The Hall–Kier alpha value is -3.87. The van der Waals surface area contributed by atoms with Gasteiger partial charge >= 0.3 is 0 Å². The third kappa shape index (κ3) is 3.09. The summed E-state index contributed by atoms with van der Waals surface area (Å²) in [5, 5.41) is 8.05. The van der Waals surface area contributed by atoms with Gasteiger partial charge in [0.1, 0.15) is 0 Å². The number of anilines is 1. The zero-order chi connectivity index (χ0) is 21.7. The first-order valence-corrected chi connectivity index (χ1v) is 10.3. The highest BCUT2D eigenvalue weighted by Gasteiger charge is 2.15. The summed E-state index contributed by atoms with van der Waals surface area (Å²) < 4.78 is 3.91. The second-order valence-corrected chi connectivity index (χ2v) is 7.79. The van der Waals surface area contributed by atoms with Gasteiger partial charge in [-0.1, -0.05) is 18.2 Å². The van der Waals surface area contributed by atoms with Gasteiger partial charge in [0.05, 0.1) is 6.42 Å². The van der Waals surface area contributed by atoms with Crippen LogP contribution >= 0.6 is 0 Å². The molecule has 0 spiro atoms. The molecule has 0 fully saturated rings. The molecule has 2 aromatic carbocycles. The fraction of sp³-hybridized carbons (Fsp3) is 0.208. The Morgan fingerprint density at radius 1 is 1.06 bits per heavy atom. The summed E-state index contributed by atoms with van der Waals surface area (Å²) in [6.45, 7) is 6.75. The Labute approximate surface area is 178 Å². The van der Waals surface area contributed by atoms with Crippen LogP contribution in [0.2, 0.25) is 0 Å². The van der Waals surface area contributed by atoms with Crippen molar-refractivity contribution in [1.29, 1.82) is 0 Å². The van der Waals surface area contributed by atoms with Crippen molar-refractivity contribution in [2.45, 2.75) is 33.7 Å². The Bertz CT molecular complexity index is 1540. The Morgan fingerprint density at radius 3 is 2.65 bits per heavy atom. The van der Waals surface area contributed by atoms with Crippen molar-refractivity contribution in [2.75, 3.05) is 5.32 Å². The quantitative estimate of drug-likeness (QED) is 0.468. The number of aromatic nitrogens is 4. The van der Waals surface area contributed by atoms with Crippen LogP contribution in [0.25, 0.3) is 27.5 Å². The van der Waals surface area contributed by atoms with Crippen LogP contribution in [0.15, 0.2) is 53.3 Å². The van der Waals surface area contributed by atoms with E-state index in [1.165, 1.54) is 17.0 Å². The van der Waals surface area contributed by atoms with E-state index in [9.17, 15) is 9.59 Å². The number of amides is 1. The number of aryl methyl sites for hydroxylation is 3. The van der Waals surface area contributed by atoms with Crippen LogP contribution in [0.5, 0.6) is 0 Å². The number of aromatic amines is 1. The van der Waals surface area contributed by atoms with Crippen molar-refractivity contribution in [3.05, 3.63) is 75.8 Å². The summed E-state index contributed by atoms with van der Waals surface area (Å²) in [7, 11) is 0. The lowest BCUT2D eigenvalue weighted by atomic mass is 10.1. The molecule has 0 radical (unpaired) electrons. The number of para-hydroxylation sites is 1. The van der Waals surface area contributed by atoms with Gasteiger partial charge in [-0.3, -0.25) is 14.7 Å². The van der Waals surface area contributed by atoms with E-state index in [-0.39, 0.29) is 17.9 Å². The first kappa shape index (κ1) is 19.1. The fourth-order valence-electron chi connectivity index (χ4n) is 4.45. The topological polar surface area (TPSA) is 84.2 Å². The second kappa shape index (κ2) is 7.12. The maximum atomic E-state index is 12.9. The summed E-state index contributed by atoms with van der Waals surface area (Å²) in [4.78, 5) is 29.0. The van der Waals surface area contributed by atoms with Gasteiger partial charge in [0.15, 0.2) is 5.65 Å². The SMILES string of the molecule is CCn1c2ccccc2c2cc(NC(=O)Cc3c(C)nc4cc(=O)[nH]n4c3C)ccc21. The van der Waals surface area contributed by atoms with E-state index in [2.05, 4.69) is 45.1 Å². The van der Waals surface area contributed by atoms with E-state index in [0.29, 0.717) is 5.65 Å². The second-order valence-electron chi connectivity index (χ2n) is 7.79. The third-order valence-corrected chi connectivity index (χ3v) is 5.91. The smallest absolute Gasteiger partial charge is 0.266 e. The molecule has 2 N–H and O–H groups in total. The highest BCUT2D eigenvalue weighted by Crippen LogP contribution is 2.31.